The van der Waals surface area contributed by atoms with Crippen LogP contribution in [0, 0.1) is 0 Å². The van der Waals surface area contributed by atoms with Gasteiger partial charge in [0.15, 0.2) is 0 Å². The Morgan fingerprint density at radius 1 is 0.583 bits per heavy atom. The monoisotopic (exact) mass is 364 g/mol. The summed E-state index contributed by atoms with van der Waals surface area (Å²) in [6.07, 6.45) is 0. The summed E-state index contributed by atoms with van der Waals surface area (Å²) in [5, 5.41) is 0. The molecule has 2 aliphatic heterocycles. The Hall–Kier alpha value is -2.72. The Kier molecular flexibility index (Phi) is 2.74. The van der Waals surface area contributed by atoms with Crippen LogP contribution in [0.25, 0.3) is 0 Å². The molecule has 2 amide bonds. The van der Waals surface area contributed by atoms with Gasteiger partial charge in [-0.15, -0.1) is 8.83 Å². The molecule has 8 nitrogen and oxygen atoms in total. The number of hydrazine groups is 1. The number of carbonyl (C=O) groups excluding carboxylic acids is 2. The third-order valence-electron chi connectivity index (χ3n) is 3.76. The molecule has 0 spiro atoms. The summed E-state index contributed by atoms with van der Waals surface area (Å²) < 4.78 is 50.5. The van der Waals surface area contributed by atoms with Gasteiger partial charge in [-0.2, -0.15) is 16.8 Å². The van der Waals surface area contributed by atoms with Crippen LogP contribution in [-0.2, 0) is 20.0 Å². The normalized spacial score (nSPS) is 20.2. The minimum Gasteiger partial charge on any atom is -0.266 e. The lowest BCUT2D eigenvalue weighted by atomic mass is 10.2. The molecule has 0 radical (unpaired) electrons. The Balaban J connectivity index is 1.97. The molecule has 10 heteroatoms. The van der Waals surface area contributed by atoms with Gasteiger partial charge in [-0.3, -0.25) is 9.59 Å². The largest absolute Gasteiger partial charge is 0.289 e. The van der Waals surface area contributed by atoms with Gasteiger partial charge in [-0.05, 0) is 24.3 Å². The number of rotatable bonds is 1. The third kappa shape index (κ3) is 1.61. The molecule has 0 fully saturated rings. The molecular formula is C14H8N2O6S2. The molecule has 0 bridgehead atoms. The summed E-state index contributed by atoms with van der Waals surface area (Å²) in [7, 11) is -8.98. The van der Waals surface area contributed by atoms with Crippen LogP contribution in [0.5, 0.6) is 0 Å². The summed E-state index contributed by atoms with van der Waals surface area (Å²) in [6, 6.07) is 10.6. The van der Waals surface area contributed by atoms with Crippen molar-refractivity contribution in [2.75, 3.05) is 0 Å². The maximum atomic E-state index is 12.6. The van der Waals surface area contributed by atoms with Gasteiger partial charge >= 0.3 is 0 Å². The Labute approximate surface area is 137 Å². The molecule has 24 heavy (non-hydrogen) atoms. The van der Waals surface area contributed by atoms with Gasteiger partial charge in [0.05, 0.1) is 11.1 Å². The second kappa shape index (κ2) is 4.42. The molecule has 0 saturated heterocycles. The van der Waals surface area contributed by atoms with E-state index in [4.69, 9.17) is 0 Å². The number of benzene rings is 2. The molecule has 122 valence electrons. The van der Waals surface area contributed by atoms with Crippen molar-refractivity contribution in [1.29, 1.82) is 0 Å². The summed E-state index contributed by atoms with van der Waals surface area (Å²) in [5.74, 6) is -2.18. The minimum absolute atomic E-state index is 0.0231. The van der Waals surface area contributed by atoms with Crippen LogP contribution in [0.4, 0.5) is 0 Å². The average Bonchev–Trinajstić information content (AvgIpc) is 2.88. The van der Waals surface area contributed by atoms with E-state index in [1.807, 2.05) is 0 Å². The molecule has 0 atom stereocenters. The number of fused-ring (bicyclic) bond motifs is 2. The highest BCUT2D eigenvalue weighted by Gasteiger charge is 2.54. The van der Waals surface area contributed by atoms with Crippen LogP contribution >= 0.6 is 0 Å². The molecule has 0 N–H and O–H groups in total. The first kappa shape index (κ1) is 14.8. The quantitative estimate of drug-likeness (QED) is 0.733. The van der Waals surface area contributed by atoms with Gasteiger partial charge in [0.2, 0.25) is 0 Å². The Morgan fingerprint density at radius 3 is 1.25 bits per heavy atom. The number of amides is 2. The van der Waals surface area contributed by atoms with Gasteiger partial charge in [0.25, 0.3) is 31.9 Å². The highest BCUT2D eigenvalue weighted by molar-refractivity contribution is 7.93. The highest BCUT2D eigenvalue weighted by Crippen LogP contribution is 2.38. The summed E-state index contributed by atoms with van der Waals surface area (Å²) in [4.78, 5) is 24.3. The van der Waals surface area contributed by atoms with Gasteiger partial charge < -0.3 is 0 Å². The van der Waals surface area contributed by atoms with E-state index in [-0.39, 0.29) is 29.7 Å². The van der Waals surface area contributed by atoms with Crippen LogP contribution in [-0.4, -0.2) is 37.5 Å². The molecule has 2 aromatic rings. The number of carbonyl (C=O) groups is 2. The number of sulfonamides is 2. The second-order valence-corrected chi connectivity index (χ2v) is 8.57. The van der Waals surface area contributed by atoms with Gasteiger partial charge in [-0.25, -0.2) is 0 Å². The summed E-state index contributed by atoms with van der Waals surface area (Å²) >= 11 is 0. The number of hydrogen-bond acceptors (Lipinski definition) is 6. The van der Waals surface area contributed by atoms with Crippen molar-refractivity contribution in [2.24, 2.45) is 0 Å². The molecular weight excluding hydrogens is 356 g/mol. The zero-order valence-corrected chi connectivity index (χ0v) is 13.4. The fourth-order valence-electron chi connectivity index (χ4n) is 2.71. The van der Waals surface area contributed by atoms with E-state index in [0.29, 0.717) is 0 Å². The fraction of sp³-hybridized carbons (Fsp3) is 0. The topological polar surface area (TPSA) is 109 Å². The van der Waals surface area contributed by atoms with Crippen molar-refractivity contribution in [3.8, 4) is 0 Å². The van der Waals surface area contributed by atoms with E-state index in [2.05, 4.69) is 0 Å². The van der Waals surface area contributed by atoms with E-state index < -0.39 is 31.9 Å². The van der Waals surface area contributed by atoms with E-state index in [0.717, 1.165) is 0 Å². The first-order valence-electron chi connectivity index (χ1n) is 6.65. The van der Waals surface area contributed by atoms with Gasteiger partial charge in [-0.1, -0.05) is 24.3 Å². The van der Waals surface area contributed by atoms with Crippen molar-refractivity contribution >= 4 is 31.9 Å². The first-order chi connectivity index (χ1) is 11.3. The minimum atomic E-state index is -4.49. The summed E-state index contributed by atoms with van der Waals surface area (Å²) in [5.41, 5.74) is -0.368. The van der Waals surface area contributed by atoms with E-state index >= 15 is 0 Å². The van der Waals surface area contributed by atoms with Crippen molar-refractivity contribution in [3.63, 3.8) is 0 Å². The average molecular weight is 364 g/mol. The lowest BCUT2D eigenvalue weighted by Gasteiger charge is -2.24. The second-order valence-electron chi connectivity index (χ2n) is 5.10. The van der Waals surface area contributed by atoms with Crippen LogP contribution in [0.15, 0.2) is 58.3 Å². The predicted octanol–water partition coefficient (Wildman–Crippen LogP) is 0.591. The van der Waals surface area contributed by atoms with Crippen molar-refractivity contribution in [1.82, 2.24) is 8.83 Å². The molecule has 2 aromatic carbocycles. The summed E-state index contributed by atoms with van der Waals surface area (Å²) in [6.45, 7) is 0. The van der Waals surface area contributed by atoms with E-state index in [9.17, 15) is 26.4 Å². The lowest BCUT2D eigenvalue weighted by molar-refractivity contribution is 0.0554. The SMILES string of the molecule is O=C1c2ccccc2S(=O)(=O)N1N1C(=O)c2ccccc2S1(=O)=O. The maximum Gasteiger partial charge on any atom is 0.289 e. The zero-order chi connectivity index (χ0) is 17.3. The molecule has 0 aromatic heterocycles. The van der Waals surface area contributed by atoms with E-state index in [1.165, 1.54) is 48.5 Å². The van der Waals surface area contributed by atoms with Gasteiger partial charge in [0.1, 0.15) is 9.79 Å². The van der Waals surface area contributed by atoms with Crippen LogP contribution in [0.3, 0.4) is 0 Å². The van der Waals surface area contributed by atoms with Crippen LogP contribution < -0.4 is 0 Å². The van der Waals surface area contributed by atoms with Crippen LogP contribution in [0.2, 0.25) is 0 Å². The zero-order valence-electron chi connectivity index (χ0n) is 11.8. The molecule has 0 unspecified atom stereocenters. The van der Waals surface area contributed by atoms with Crippen molar-refractivity contribution < 1.29 is 26.4 Å². The molecule has 0 aliphatic carbocycles. The standard InChI is InChI=1S/C14H8N2O6S2/c17-13-9-5-1-3-7-11(9)23(19,20)15(13)16-14(18)10-6-2-4-8-12(10)24(16,21)22/h1-8H. The Morgan fingerprint density at radius 2 is 0.917 bits per heavy atom. The van der Waals surface area contributed by atoms with Gasteiger partial charge in [0, 0.05) is 0 Å². The highest BCUT2D eigenvalue weighted by atomic mass is 32.2. The third-order valence-corrected chi connectivity index (χ3v) is 7.25. The molecule has 4 rings (SSSR count). The smallest absolute Gasteiger partial charge is 0.266 e. The van der Waals surface area contributed by atoms with Crippen LogP contribution in [0.1, 0.15) is 20.7 Å². The Bertz CT molecular complexity index is 1050. The fourth-order valence-corrected chi connectivity index (χ4v) is 6.15. The maximum absolute atomic E-state index is 12.6. The molecule has 2 aliphatic rings. The van der Waals surface area contributed by atoms with Crippen molar-refractivity contribution in [3.05, 3.63) is 59.7 Å². The number of nitrogens with zero attached hydrogens (tertiary/aromatic N) is 2. The molecule has 0 saturated carbocycles. The molecule has 2 heterocycles. The van der Waals surface area contributed by atoms with Crippen molar-refractivity contribution in [2.45, 2.75) is 9.79 Å². The van der Waals surface area contributed by atoms with E-state index in [1.54, 1.807) is 0 Å². The first-order valence-corrected chi connectivity index (χ1v) is 9.53. The predicted molar refractivity (Wildman–Crippen MR) is 79.6 cm³/mol. The number of hydrogen-bond donors (Lipinski definition) is 0. The lowest BCUT2D eigenvalue weighted by Crippen LogP contribution is -2.49.